The van der Waals surface area contributed by atoms with E-state index in [0.29, 0.717) is 53.9 Å². The average Bonchev–Trinajstić information content (AvgIpc) is 3.24. The first-order chi connectivity index (χ1) is 17.4. The molecule has 9 heteroatoms. The quantitative estimate of drug-likeness (QED) is 0.322. The summed E-state index contributed by atoms with van der Waals surface area (Å²) in [4.78, 5) is 18.3. The van der Waals surface area contributed by atoms with Crippen molar-refractivity contribution in [3.63, 3.8) is 0 Å². The number of ether oxygens (including phenoxy) is 5. The lowest BCUT2D eigenvalue weighted by Crippen LogP contribution is -2.50. The highest BCUT2D eigenvalue weighted by atomic mass is 16.5. The van der Waals surface area contributed by atoms with Gasteiger partial charge in [0.2, 0.25) is 5.90 Å². The third-order valence-corrected chi connectivity index (χ3v) is 6.03. The molecular weight excluding hydrogens is 464 g/mol. The highest BCUT2D eigenvalue weighted by Crippen LogP contribution is 2.36. The zero-order chi connectivity index (χ0) is 26.1. The molecule has 0 aliphatic carbocycles. The Morgan fingerprint density at radius 1 is 1.14 bits per heavy atom. The lowest BCUT2D eigenvalue weighted by Gasteiger charge is -2.27. The van der Waals surface area contributed by atoms with Gasteiger partial charge in [0.1, 0.15) is 29.1 Å². The van der Waals surface area contributed by atoms with Crippen LogP contribution >= 0.6 is 0 Å². The van der Waals surface area contributed by atoms with E-state index in [2.05, 4.69) is 11.9 Å². The molecule has 194 valence electrons. The number of hydrogen-bond donors (Lipinski definition) is 2. The second-order valence-electron chi connectivity index (χ2n) is 8.24. The molecule has 0 spiro atoms. The van der Waals surface area contributed by atoms with E-state index in [-0.39, 0.29) is 19.1 Å². The molecule has 0 aromatic heterocycles. The summed E-state index contributed by atoms with van der Waals surface area (Å²) in [6.45, 7) is 6.31. The summed E-state index contributed by atoms with van der Waals surface area (Å²) < 4.78 is 27.9. The van der Waals surface area contributed by atoms with Gasteiger partial charge >= 0.3 is 0 Å². The zero-order valence-corrected chi connectivity index (χ0v) is 21.2. The molecular formula is C27H34N2O7. The molecule has 1 aliphatic heterocycles. The fourth-order valence-electron chi connectivity index (χ4n) is 3.98. The second kappa shape index (κ2) is 12.3. The van der Waals surface area contributed by atoms with Crippen molar-refractivity contribution in [2.75, 3.05) is 34.5 Å². The number of benzene rings is 2. The Hall–Kier alpha value is -3.72. The molecule has 2 N–H and O–H groups in total. The van der Waals surface area contributed by atoms with E-state index in [9.17, 15) is 4.79 Å². The maximum atomic E-state index is 13.5. The van der Waals surface area contributed by atoms with Crippen molar-refractivity contribution >= 4 is 11.8 Å². The number of nitrogens with zero attached hydrogens (tertiary/aromatic N) is 1. The first-order valence-corrected chi connectivity index (χ1v) is 11.7. The first-order valence-electron chi connectivity index (χ1n) is 11.7. The van der Waals surface area contributed by atoms with E-state index >= 15 is 0 Å². The Morgan fingerprint density at radius 3 is 2.36 bits per heavy atom. The van der Waals surface area contributed by atoms with Gasteiger partial charge in [-0.3, -0.25) is 4.79 Å². The molecule has 0 radical (unpaired) electrons. The van der Waals surface area contributed by atoms with E-state index < -0.39 is 11.6 Å². The first kappa shape index (κ1) is 26.9. The summed E-state index contributed by atoms with van der Waals surface area (Å²) >= 11 is 0. The molecule has 0 unspecified atom stereocenters. The monoisotopic (exact) mass is 498 g/mol. The summed E-state index contributed by atoms with van der Waals surface area (Å²) in [5.74, 6) is 2.40. The van der Waals surface area contributed by atoms with Gasteiger partial charge in [-0.25, -0.2) is 4.99 Å². The van der Waals surface area contributed by atoms with Crippen LogP contribution in [0.15, 0.2) is 54.0 Å². The number of methoxy groups -OCH3 is 3. The Morgan fingerprint density at radius 2 is 1.81 bits per heavy atom. The van der Waals surface area contributed by atoms with E-state index in [1.165, 1.54) is 0 Å². The topological polar surface area (TPSA) is 108 Å². The van der Waals surface area contributed by atoms with Gasteiger partial charge in [0.05, 0.1) is 40.0 Å². The number of nitrogens with one attached hydrogen (secondary N) is 1. The molecule has 1 heterocycles. The third kappa shape index (κ3) is 5.73. The van der Waals surface area contributed by atoms with Crippen LogP contribution < -0.4 is 24.3 Å². The molecule has 2 aromatic carbocycles. The molecule has 1 amide bonds. The van der Waals surface area contributed by atoms with Crippen LogP contribution in [-0.2, 0) is 16.1 Å². The molecule has 0 fully saturated rings. The number of aliphatic hydroxyl groups excluding tert-OH is 1. The summed E-state index contributed by atoms with van der Waals surface area (Å²) in [5.41, 5.74) is 0.226. The SMILES string of the molecule is C=CC[C@@]1(C(=O)NCc2c(OC)cc(OC)cc2OC)N=C(c2ccc(OCCCO)cc2)O[C@@H]1C. The van der Waals surface area contributed by atoms with Gasteiger partial charge in [-0.05, 0) is 31.2 Å². The van der Waals surface area contributed by atoms with Crippen molar-refractivity contribution in [2.24, 2.45) is 4.99 Å². The van der Waals surface area contributed by atoms with Crippen molar-refractivity contribution in [2.45, 2.75) is 38.0 Å². The normalized spacial score (nSPS) is 18.6. The van der Waals surface area contributed by atoms with Crippen LogP contribution in [-0.4, -0.2) is 63.1 Å². The number of amides is 1. The van der Waals surface area contributed by atoms with E-state index in [4.69, 9.17) is 33.8 Å². The average molecular weight is 499 g/mol. The second-order valence-corrected chi connectivity index (χ2v) is 8.24. The summed E-state index contributed by atoms with van der Waals surface area (Å²) in [6.07, 6.45) is 2.00. The van der Waals surface area contributed by atoms with Gasteiger partial charge in [-0.2, -0.15) is 0 Å². The van der Waals surface area contributed by atoms with Crippen LogP contribution in [0.5, 0.6) is 23.0 Å². The maximum Gasteiger partial charge on any atom is 0.252 e. The van der Waals surface area contributed by atoms with Crippen molar-refractivity contribution in [1.82, 2.24) is 5.32 Å². The molecule has 36 heavy (non-hydrogen) atoms. The molecule has 9 nitrogen and oxygen atoms in total. The molecule has 0 saturated carbocycles. The smallest absolute Gasteiger partial charge is 0.252 e. The number of hydrogen-bond acceptors (Lipinski definition) is 8. The highest BCUT2D eigenvalue weighted by molar-refractivity contribution is 6.00. The van der Waals surface area contributed by atoms with Crippen LogP contribution in [0.25, 0.3) is 0 Å². The fraction of sp³-hybridized carbons (Fsp3) is 0.407. The van der Waals surface area contributed by atoms with Gasteiger partial charge in [0.15, 0.2) is 5.54 Å². The standard InChI is InChI=1S/C27H34N2O7/c1-6-12-27(26(31)28-17-22-23(33-4)15-21(32-3)16-24(22)34-5)18(2)36-25(29-27)19-8-10-20(11-9-19)35-14-7-13-30/h6,8-11,15-16,18,30H,1,7,12-14,17H2,2-5H3,(H,28,31)/t18-,27-/m1/s1. The van der Waals surface area contributed by atoms with Crippen molar-refractivity contribution in [3.05, 3.63) is 60.2 Å². The lowest BCUT2D eigenvalue weighted by molar-refractivity contribution is -0.128. The Bertz CT molecular complexity index is 1060. The lowest BCUT2D eigenvalue weighted by atomic mass is 9.89. The van der Waals surface area contributed by atoms with E-state index in [1.54, 1.807) is 51.7 Å². The largest absolute Gasteiger partial charge is 0.496 e. The predicted octanol–water partition coefficient (Wildman–Crippen LogP) is 3.27. The van der Waals surface area contributed by atoms with Gasteiger partial charge in [-0.15, -0.1) is 6.58 Å². The Kier molecular flexibility index (Phi) is 9.19. The van der Waals surface area contributed by atoms with Crippen LogP contribution in [0.1, 0.15) is 30.9 Å². The number of rotatable bonds is 13. The van der Waals surface area contributed by atoms with Gasteiger partial charge in [0, 0.05) is 37.1 Å². The zero-order valence-electron chi connectivity index (χ0n) is 21.2. The summed E-state index contributed by atoms with van der Waals surface area (Å²) in [5, 5.41) is 11.9. The number of aliphatic imine (C=N–C) groups is 1. The maximum absolute atomic E-state index is 13.5. The van der Waals surface area contributed by atoms with E-state index in [0.717, 1.165) is 5.56 Å². The molecule has 2 aromatic rings. The number of carbonyl (C=O) groups excluding carboxylic acids is 1. The summed E-state index contributed by atoms with van der Waals surface area (Å²) in [6, 6.07) is 10.7. The van der Waals surface area contributed by atoms with E-state index in [1.807, 2.05) is 19.1 Å². The Balaban J connectivity index is 1.82. The fourth-order valence-corrected chi connectivity index (χ4v) is 3.98. The molecule has 2 atom stereocenters. The minimum atomic E-state index is -1.18. The third-order valence-electron chi connectivity index (χ3n) is 6.03. The minimum Gasteiger partial charge on any atom is -0.496 e. The number of carbonyl (C=O) groups is 1. The van der Waals surface area contributed by atoms with Gasteiger partial charge in [-0.1, -0.05) is 6.08 Å². The van der Waals surface area contributed by atoms with Gasteiger partial charge < -0.3 is 34.1 Å². The van der Waals surface area contributed by atoms with Crippen LogP contribution in [0.2, 0.25) is 0 Å². The van der Waals surface area contributed by atoms with Crippen LogP contribution in [0, 0.1) is 0 Å². The van der Waals surface area contributed by atoms with Crippen molar-refractivity contribution < 1.29 is 33.6 Å². The van der Waals surface area contributed by atoms with Crippen LogP contribution in [0.3, 0.4) is 0 Å². The molecule has 3 rings (SSSR count). The van der Waals surface area contributed by atoms with Crippen molar-refractivity contribution in [1.29, 1.82) is 0 Å². The summed E-state index contributed by atoms with van der Waals surface area (Å²) in [7, 11) is 4.65. The molecule has 0 bridgehead atoms. The minimum absolute atomic E-state index is 0.0755. The number of aliphatic hydroxyl groups is 1. The predicted molar refractivity (Wildman–Crippen MR) is 136 cm³/mol. The van der Waals surface area contributed by atoms with Crippen molar-refractivity contribution in [3.8, 4) is 23.0 Å². The van der Waals surface area contributed by atoms with Gasteiger partial charge in [0.25, 0.3) is 5.91 Å². The Labute approximate surface area is 211 Å². The molecule has 0 saturated heterocycles. The highest BCUT2D eigenvalue weighted by Gasteiger charge is 2.49. The molecule has 1 aliphatic rings. The van der Waals surface area contributed by atoms with Crippen LogP contribution in [0.4, 0.5) is 0 Å².